The molecule has 2 aliphatic carbocycles. The smallest absolute Gasteiger partial charge is 0.123 e. The van der Waals surface area contributed by atoms with Crippen molar-refractivity contribution in [1.82, 2.24) is 4.90 Å². The van der Waals surface area contributed by atoms with E-state index in [2.05, 4.69) is 24.0 Å². The summed E-state index contributed by atoms with van der Waals surface area (Å²) in [4.78, 5) is 13.5. The van der Waals surface area contributed by atoms with Gasteiger partial charge in [-0.1, -0.05) is 19.1 Å². The van der Waals surface area contributed by atoms with Crippen LogP contribution in [0.25, 0.3) is 0 Å². The van der Waals surface area contributed by atoms with Gasteiger partial charge in [-0.2, -0.15) is 0 Å². The molecule has 4 nitrogen and oxygen atoms in total. The van der Waals surface area contributed by atoms with Crippen LogP contribution in [-0.4, -0.2) is 49.1 Å². The number of carbonyl (C=O) groups excluding carboxylic acids is 1. The number of fused-ring (bicyclic) bond motifs is 1. The van der Waals surface area contributed by atoms with Gasteiger partial charge in [-0.15, -0.1) is 0 Å². The number of nitrogens with zero attached hydrogens (tertiary/aromatic N) is 1. The Morgan fingerprint density at radius 1 is 1.32 bits per heavy atom. The fourth-order valence-electron chi connectivity index (χ4n) is 4.79. The maximum absolute atomic E-state index is 11.4. The van der Waals surface area contributed by atoms with Crippen LogP contribution in [0.4, 0.5) is 0 Å². The van der Waals surface area contributed by atoms with Gasteiger partial charge in [0.15, 0.2) is 0 Å². The molecule has 0 heterocycles. The van der Waals surface area contributed by atoms with Gasteiger partial charge >= 0.3 is 0 Å². The lowest BCUT2D eigenvalue weighted by atomic mass is 9.59. The zero-order chi connectivity index (χ0) is 18.1. The summed E-state index contributed by atoms with van der Waals surface area (Å²) < 4.78 is 5.86. The Morgan fingerprint density at radius 2 is 2.12 bits per heavy atom. The zero-order valence-corrected chi connectivity index (χ0v) is 15.7. The molecular formula is C21H31NO3. The fraction of sp³-hybridized carbons (Fsp3) is 0.667. The molecule has 1 N–H and O–H groups in total. The van der Waals surface area contributed by atoms with Gasteiger partial charge in [0, 0.05) is 17.9 Å². The third kappa shape index (κ3) is 3.47. The van der Waals surface area contributed by atoms with Gasteiger partial charge in [-0.3, -0.25) is 0 Å². The van der Waals surface area contributed by atoms with Crippen molar-refractivity contribution in [3.8, 4) is 5.75 Å². The molecule has 0 radical (unpaired) electrons. The van der Waals surface area contributed by atoms with Crippen molar-refractivity contribution in [2.45, 2.75) is 50.5 Å². The third-order valence-corrected chi connectivity index (χ3v) is 6.65. The molecule has 25 heavy (non-hydrogen) atoms. The Balaban J connectivity index is 1.71. The number of rotatable bonds is 6. The number of hydrogen-bond acceptors (Lipinski definition) is 4. The zero-order valence-electron chi connectivity index (χ0n) is 15.7. The van der Waals surface area contributed by atoms with E-state index in [0.29, 0.717) is 12.5 Å². The van der Waals surface area contributed by atoms with Gasteiger partial charge in [0.05, 0.1) is 5.60 Å². The van der Waals surface area contributed by atoms with E-state index in [0.717, 1.165) is 50.7 Å². The summed E-state index contributed by atoms with van der Waals surface area (Å²) in [7, 11) is 4.07. The minimum atomic E-state index is -0.719. The van der Waals surface area contributed by atoms with Gasteiger partial charge in [-0.25, -0.2) is 0 Å². The molecule has 2 saturated carbocycles. The first-order chi connectivity index (χ1) is 11.9. The number of aliphatic hydroxyl groups is 1. The molecule has 1 aromatic carbocycles. The van der Waals surface area contributed by atoms with Crippen LogP contribution in [0.2, 0.25) is 0 Å². The lowest BCUT2D eigenvalue weighted by Gasteiger charge is -2.48. The minimum Gasteiger partial charge on any atom is -0.492 e. The van der Waals surface area contributed by atoms with Crippen molar-refractivity contribution in [3.63, 3.8) is 0 Å². The fourth-order valence-corrected chi connectivity index (χ4v) is 4.79. The van der Waals surface area contributed by atoms with Crippen molar-refractivity contribution in [3.05, 3.63) is 29.8 Å². The average Bonchev–Trinajstić information content (AvgIpc) is 2.85. The Hall–Kier alpha value is -1.39. The molecule has 1 aromatic rings. The third-order valence-electron chi connectivity index (χ3n) is 6.65. The molecule has 4 heteroatoms. The maximum Gasteiger partial charge on any atom is 0.123 e. The second kappa shape index (κ2) is 7.08. The predicted octanol–water partition coefficient (Wildman–Crippen LogP) is 3.24. The molecule has 0 spiro atoms. The number of carbonyl (C=O) groups is 1. The highest BCUT2D eigenvalue weighted by molar-refractivity contribution is 5.57. The maximum atomic E-state index is 11.4. The van der Waals surface area contributed by atoms with Crippen molar-refractivity contribution in [2.75, 3.05) is 27.2 Å². The van der Waals surface area contributed by atoms with Crippen molar-refractivity contribution in [2.24, 2.45) is 11.3 Å². The van der Waals surface area contributed by atoms with Crippen LogP contribution >= 0.6 is 0 Å². The van der Waals surface area contributed by atoms with Crippen molar-refractivity contribution in [1.29, 1.82) is 0 Å². The number of ether oxygens (including phenoxy) is 1. The molecule has 0 unspecified atom stereocenters. The molecule has 2 fully saturated rings. The standard InChI is InChI=1S/C21H31NO3/c1-20-9-7-17(14-21(20,24)10-8-18(20)15-23)16-5-4-6-19(13-16)25-12-11-22(2)3/h4-6,13,15,17-18,24H,7-12,14H2,1-3H3/t17-,18+,20+,21-/m0/s1. The van der Waals surface area contributed by atoms with Crippen LogP contribution in [0.5, 0.6) is 5.75 Å². The topological polar surface area (TPSA) is 49.8 Å². The SMILES string of the molecule is CN(C)CCOc1cccc([C@H]2CC[C@]3(C)[C@@H](C=O)CC[C@]3(O)C2)c1. The highest BCUT2D eigenvalue weighted by Crippen LogP contribution is 2.60. The summed E-state index contributed by atoms with van der Waals surface area (Å²) >= 11 is 0. The second-order valence-electron chi connectivity index (χ2n) is 8.39. The number of benzene rings is 1. The number of aldehydes is 1. The van der Waals surface area contributed by atoms with Gasteiger partial charge in [0.2, 0.25) is 0 Å². The first-order valence-corrected chi connectivity index (χ1v) is 9.43. The van der Waals surface area contributed by atoms with E-state index in [-0.39, 0.29) is 11.3 Å². The van der Waals surface area contributed by atoms with Crippen molar-refractivity contribution < 1.29 is 14.6 Å². The Labute approximate surface area is 151 Å². The van der Waals surface area contributed by atoms with E-state index in [1.54, 1.807) is 0 Å². The van der Waals surface area contributed by atoms with E-state index in [1.165, 1.54) is 5.56 Å². The summed E-state index contributed by atoms with van der Waals surface area (Å²) in [5.74, 6) is 1.23. The number of likely N-dealkylation sites (N-methyl/N-ethyl adjacent to an activating group) is 1. The van der Waals surface area contributed by atoms with Gasteiger partial charge in [0.25, 0.3) is 0 Å². The highest BCUT2D eigenvalue weighted by Gasteiger charge is 2.58. The minimum absolute atomic E-state index is 0.000786. The first kappa shape index (κ1) is 18.4. The summed E-state index contributed by atoms with van der Waals surface area (Å²) in [6, 6.07) is 8.31. The Bertz CT molecular complexity index is 617. The van der Waals surface area contributed by atoms with Gasteiger partial charge < -0.3 is 19.5 Å². The van der Waals surface area contributed by atoms with Crippen LogP contribution in [0.15, 0.2) is 24.3 Å². The lowest BCUT2D eigenvalue weighted by molar-refractivity contribution is -0.128. The Morgan fingerprint density at radius 3 is 2.84 bits per heavy atom. The van der Waals surface area contributed by atoms with E-state index < -0.39 is 5.60 Å². The number of hydrogen-bond donors (Lipinski definition) is 1. The van der Waals surface area contributed by atoms with Crippen LogP contribution < -0.4 is 4.74 Å². The second-order valence-corrected chi connectivity index (χ2v) is 8.39. The molecule has 138 valence electrons. The average molecular weight is 345 g/mol. The van der Waals surface area contributed by atoms with Crippen LogP contribution in [0, 0.1) is 11.3 Å². The van der Waals surface area contributed by atoms with E-state index in [4.69, 9.17) is 4.74 Å². The molecule has 2 aliphatic rings. The van der Waals surface area contributed by atoms with Crippen LogP contribution in [-0.2, 0) is 4.79 Å². The summed E-state index contributed by atoms with van der Waals surface area (Å²) in [6.45, 7) is 3.67. The summed E-state index contributed by atoms with van der Waals surface area (Å²) in [6.07, 6.45) is 5.29. The predicted molar refractivity (Wildman–Crippen MR) is 98.9 cm³/mol. The molecular weight excluding hydrogens is 314 g/mol. The summed E-state index contributed by atoms with van der Waals surface area (Å²) in [5.41, 5.74) is 0.265. The molecule has 4 atom stereocenters. The first-order valence-electron chi connectivity index (χ1n) is 9.43. The molecule has 0 amide bonds. The lowest BCUT2D eigenvalue weighted by Crippen LogP contribution is -2.49. The van der Waals surface area contributed by atoms with Gasteiger partial charge in [0.1, 0.15) is 18.6 Å². The Kier molecular flexibility index (Phi) is 5.21. The van der Waals surface area contributed by atoms with E-state index in [9.17, 15) is 9.90 Å². The van der Waals surface area contributed by atoms with Crippen molar-refractivity contribution >= 4 is 6.29 Å². The summed E-state index contributed by atoms with van der Waals surface area (Å²) in [5, 5.41) is 11.3. The largest absolute Gasteiger partial charge is 0.492 e. The van der Waals surface area contributed by atoms with E-state index in [1.807, 2.05) is 26.2 Å². The quantitative estimate of drug-likeness (QED) is 0.804. The van der Waals surface area contributed by atoms with Crippen LogP contribution in [0.1, 0.15) is 50.5 Å². The van der Waals surface area contributed by atoms with Crippen LogP contribution in [0.3, 0.4) is 0 Å². The monoisotopic (exact) mass is 345 g/mol. The molecule has 0 saturated heterocycles. The molecule has 0 aliphatic heterocycles. The molecule has 3 rings (SSSR count). The van der Waals surface area contributed by atoms with Gasteiger partial charge in [-0.05, 0) is 69.8 Å². The van der Waals surface area contributed by atoms with E-state index >= 15 is 0 Å². The molecule has 0 aromatic heterocycles. The normalized spacial score (nSPS) is 34.8. The highest BCUT2D eigenvalue weighted by atomic mass is 16.5. The molecule has 0 bridgehead atoms.